The number of alkyl halides is 1. The van der Waals surface area contributed by atoms with Crippen molar-refractivity contribution in [3.05, 3.63) is 0 Å². The molecule has 3 heteroatoms. The summed E-state index contributed by atoms with van der Waals surface area (Å²) in [5.74, 6) is 0.985. The number of halogens is 1. The van der Waals surface area contributed by atoms with E-state index in [-0.39, 0.29) is 5.41 Å². The first-order valence-corrected chi connectivity index (χ1v) is 6.73. The van der Waals surface area contributed by atoms with E-state index in [1.54, 1.807) is 0 Å². The van der Waals surface area contributed by atoms with Crippen LogP contribution in [0.3, 0.4) is 0 Å². The van der Waals surface area contributed by atoms with Gasteiger partial charge in [-0.15, -0.1) is 0 Å². The van der Waals surface area contributed by atoms with Crippen LogP contribution in [-0.4, -0.2) is 15.3 Å². The standard InChI is InChI=1S/C9H17IOS/c1-9(2,3)8(11)12-7-5-4-6-10/h4-7H2,1-3H3. The van der Waals surface area contributed by atoms with Crippen molar-refractivity contribution in [2.45, 2.75) is 33.6 Å². The molecule has 0 N–H and O–H groups in total. The molecule has 0 aromatic carbocycles. The second-order valence-corrected chi connectivity index (χ2v) is 5.93. The van der Waals surface area contributed by atoms with Crippen LogP contribution in [0.25, 0.3) is 0 Å². The Morgan fingerprint density at radius 3 is 2.33 bits per heavy atom. The first-order chi connectivity index (χ1) is 5.48. The summed E-state index contributed by atoms with van der Waals surface area (Å²) in [5.41, 5.74) is -0.172. The molecule has 0 aliphatic carbocycles. The van der Waals surface area contributed by atoms with Crippen LogP contribution in [0.15, 0.2) is 0 Å². The van der Waals surface area contributed by atoms with Crippen LogP contribution in [0, 0.1) is 5.41 Å². The summed E-state index contributed by atoms with van der Waals surface area (Å²) >= 11 is 3.85. The lowest BCUT2D eigenvalue weighted by Gasteiger charge is -2.15. The van der Waals surface area contributed by atoms with Crippen molar-refractivity contribution in [2.75, 3.05) is 10.2 Å². The molecule has 12 heavy (non-hydrogen) atoms. The third-order valence-electron chi connectivity index (χ3n) is 1.37. The highest BCUT2D eigenvalue weighted by molar-refractivity contribution is 14.1. The van der Waals surface area contributed by atoms with Crippen molar-refractivity contribution in [2.24, 2.45) is 5.41 Å². The Morgan fingerprint density at radius 2 is 1.92 bits per heavy atom. The number of hydrogen-bond acceptors (Lipinski definition) is 2. The SMILES string of the molecule is CC(C)(C)C(=O)SCCCCI. The molecule has 0 spiro atoms. The minimum atomic E-state index is -0.172. The molecule has 0 radical (unpaired) electrons. The van der Waals surface area contributed by atoms with Gasteiger partial charge in [-0.1, -0.05) is 55.1 Å². The van der Waals surface area contributed by atoms with Crippen molar-refractivity contribution >= 4 is 39.5 Å². The minimum absolute atomic E-state index is 0.172. The van der Waals surface area contributed by atoms with Crippen LogP contribution in [0.4, 0.5) is 0 Å². The number of hydrogen-bond donors (Lipinski definition) is 0. The van der Waals surface area contributed by atoms with Crippen molar-refractivity contribution in [1.29, 1.82) is 0 Å². The summed E-state index contributed by atoms with van der Waals surface area (Å²) < 4.78 is 1.20. The van der Waals surface area contributed by atoms with Gasteiger partial charge in [-0.05, 0) is 17.3 Å². The lowest BCUT2D eigenvalue weighted by Crippen LogP contribution is -2.16. The van der Waals surface area contributed by atoms with E-state index in [2.05, 4.69) is 22.6 Å². The normalized spacial score (nSPS) is 11.7. The van der Waals surface area contributed by atoms with Gasteiger partial charge < -0.3 is 0 Å². The van der Waals surface area contributed by atoms with Gasteiger partial charge in [0.25, 0.3) is 0 Å². The Morgan fingerprint density at radius 1 is 1.33 bits per heavy atom. The Labute approximate surface area is 93.2 Å². The minimum Gasteiger partial charge on any atom is -0.287 e. The maximum absolute atomic E-state index is 11.4. The number of carbonyl (C=O) groups is 1. The summed E-state index contributed by atoms with van der Waals surface area (Å²) in [6.45, 7) is 5.92. The average Bonchev–Trinajstić information content (AvgIpc) is 1.96. The summed E-state index contributed by atoms with van der Waals surface area (Å²) in [6.07, 6.45) is 2.39. The van der Waals surface area contributed by atoms with Crippen LogP contribution in [-0.2, 0) is 4.79 Å². The van der Waals surface area contributed by atoms with E-state index in [1.165, 1.54) is 22.6 Å². The predicted octanol–water partition coefficient (Wildman–Crippen LogP) is 3.51. The predicted molar refractivity (Wildman–Crippen MR) is 65.0 cm³/mol. The number of thioether (sulfide) groups is 1. The van der Waals surface area contributed by atoms with Crippen molar-refractivity contribution in [1.82, 2.24) is 0 Å². The largest absolute Gasteiger partial charge is 0.287 e. The molecule has 0 amide bonds. The van der Waals surface area contributed by atoms with Crippen LogP contribution >= 0.6 is 34.4 Å². The highest BCUT2D eigenvalue weighted by atomic mass is 127. The van der Waals surface area contributed by atoms with E-state index < -0.39 is 0 Å². The van der Waals surface area contributed by atoms with Gasteiger partial charge >= 0.3 is 0 Å². The smallest absolute Gasteiger partial charge is 0.194 e. The van der Waals surface area contributed by atoms with Gasteiger partial charge in [0.15, 0.2) is 5.12 Å². The fourth-order valence-corrected chi connectivity index (χ4v) is 2.08. The molecular formula is C9H17IOS. The molecule has 0 bridgehead atoms. The molecule has 0 rings (SSSR count). The van der Waals surface area contributed by atoms with Gasteiger partial charge in [0.1, 0.15) is 0 Å². The zero-order valence-corrected chi connectivity index (χ0v) is 11.0. The van der Waals surface area contributed by atoms with E-state index in [0.717, 1.165) is 12.2 Å². The van der Waals surface area contributed by atoms with Crippen molar-refractivity contribution in [3.63, 3.8) is 0 Å². The van der Waals surface area contributed by atoms with E-state index in [9.17, 15) is 4.79 Å². The van der Waals surface area contributed by atoms with Crippen LogP contribution < -0.4 is 0 Å². The lowest BCUT2D eigenvalue weighted by molar-refractivity contribution is -0.117. The molecule has 1 nitrogen and oxygen atoms in total. The molecule has 0 aliphatic rings. The summed E-state index contributed by atoms with van der Waals surface area (Å²) in [4.78, 5) is 11.4. The monoisotopic (exact) mass is 300 g/mol. The zero-order valence-electron chi connectivity index (χ0n) is 8.02. The highest BCUT2D eigenvalue weighted by Gasteiger charge is 2.20. The van der Waals surface area contributed by atoms with Crippen LogP contribution in [0.2, 0.25) is 0 Å². The molecule has 0 saturated carbocycles. The third kappa shape index (κ3) is 6.29. The Bertz CT molecular complexity index is 140. The van der Waals surface area contributed by atoms with Gasteiger partial charge in [-0.2, -0.15) is 0 Å². The second-order valence-electron chi connectivity index (χ2n) is 3.78. The van der Waals surface area contributed by atoms with Gasteiger partial charge in [-0.25, -0.2) is 0 Å². The first-order valence-electron chi connectivity index (χ1n) is 4.21. The Balaban J connectivity index is 3.45. The van der Waals surface area contributed by atoms with Crippen LogP contribution in [0.1, 0.15) is 33.6 Å². The highest BCUT2D eigenvalue weighted by Crippen LogP contribution is 2.23. The Hall–Kier alpha value is 0.750. The molecule has 72 valence electrons. The number of unbranched alkanes of at least 4 members (excludes halogenated alkanes) is 1. The molecule has 0 atom stereocenters. The number of rotatable bonds is 4. The first kappa shape index (κ1) is 12.8. The third-order valence-corrected chi connectivity index (χ3v) is 3.50. The molecule has 0 fully saturated rings. The van der Waals surface area contributed by atoms with Gasteiger partial charge in [-0.3, -0.25) is 4.79 Å². The lowest BCUT2D eigenvalue weighted by atomic mass is 10.00. The second kappa shape index (κ2) is 6.24. The Kier molecular flexibility index (Phi) is 6.63. The number of carbonyl (C=O) groups excluding carboxylic acids is 1. The molecule has 0 unspecified atom stereocenters. The molecule has 0 aromatic heterocycles. The molecule has 0 aliphatic heterocycles. The fourth-order valence-electron chi connectivity index (χ4n) is 0.578. The molecule has 0 heterocycles. The zero-order chi connectivity index (χ0) is 9.61. The van der Waals surface area contributed by atoms with Gasteiger partial charge in [0, 0.05) is 11.2 Å². The van der Waals surface area contributed by atoms with E-state index >= 15 is 0 Å². The van der Waals surface area contributed by atoms with Gasteiger partial charge in [0.05, 0.1) is 0 Å². The van der Waals surface area contributed by atoms with Gasteiger partial charge in [0.2, 0.25) is 0 Å². The summed E-state index contributed by atoms with van der Waals surface area (Å²) in [5, 5.41) is 0.316. The van der Waals surface area contributed by atoms with E-state index in [4.69, 9.17) is 0 Å². The maximum atomic E-state index is 11.4. The maximum Gasteiger partial charge on any atom is 0.194 e. The summed E-state index contributed by atoms with van der Waals surface area (Å²) in [7, 11) is 0. The van der Waals surface area contributed by atoms with E-state index in [1.807, 2.05) is 20.8 Å². The van der Waals surface area contributed by atoms with Crippen LogP contribution in [0.5, 0.6) is 0 Å². The molecular weight excluding hydrogens is 283 g/mol. The molecule has 0 aromatic rings. The quantitative estimate of drug-likeness (QED) is 0.449. The summed E-state index contributed by atoms with van der Waals surface area (Å²) in [6, 6.07) is 0. The van der Waals surface area contributed by atoms with Crippen molar-refractivity contribution in [3.8, 4) is 0 Å². The fraction of sp³-hybridized carbons (Fsp3) is 0.889. The topological polar surface area (TPSA) is 17.1 Å². The van der Waals surface area contributed by atoms with E-state index in [0.29, 0.717) is 5.12 Å². The van der Waals surface area contributed by atoms with Crippen molar-refractivity contribution < 1.29 is 4.79 Å². The molecule has 0 saturated heterocycles. The average molecular weight is 300 g/mol.